The third-order valence-corrected chi connectivity index (χ3v) is 7.61. The van der Waals surface area contributed by atoms with Crippen molar-refractivity contribution in [3.63, 3.8) is 0 Å². The van der Waals surface area contributed by atoms with Gasteiger partial charge in [0, 0.05) is 0 Å². The summed E-state index contributed by atoms with van der Waals surface area (Å²) < 4.78 is 0. The first-order valence-electron chi connectivity index (χ1n) is 12.9. The SMILES string of the molecule is Cc1cc(C)cc(-c2ccc(-c3c4c(ccc5ccc(O)cc54)cc4ccc5ccc(O)cc5c34)cc2)c1. The lowest BCUT2D eigenvalue weighted by molar-refractivity contribution is 0.475. The molecule has 0 spiro atoms. The fourth-order valence-electron chi connectivity index (χ4n) is 6.00. The number of fused-ring (bicyclic) bond motifs is 6. The zero-order valence-corrected chi connectivity index (χ0v) is 21.3. The average Bonchev–Trinajstić information content (AvgIpc) is 2.91. The molecule has 182 valence electrons. The van der Waals surface area contributed by atoms with E-state index in [9.17, 15) is 10.2 Å². The minimum absolute atomic E-state index is 0.247. The van der Waals surface area contributed by atoms with Crippen molar-refractivity contribution in [1.82, 2.24) is 0 Å². The molecule has 0 radical (unpaired) electrons. The Balaban J connectivity index is 1.61. The van der Waals surface area contributed by atoms with Crippen LogP contribution in [0.4, 0.5) is 0 Å². The molecule has 0 saturated heterocycles. The number of rotatable bonds is 2. The van der Waals surface area contributed by atoms with Crippen molar-refractivity contribution >= 4 is 43.1 Å². The van der Waals surface area contributed by atoms with E-state index in [1.165, 1.54) is 22.3 Å². The molecule has 2 N–H and O–H groups in total. The molecule has 2 nitrogen and oxygen atoms in total. The van der Waals surface area contributed by atoms with Gasteiger partial charge in [0.1, 0.15) is 11.5 Å². The first kappa shape index (κ1) is 22.4. The molecule has 0 aliphatic carbocycles. The monoisotopic (exact) mass is 490 g/mol. The highest BCUT2D eigenvalue weighted by molar-refractivity contribution is 6.27. The van der Waals surface area contributed by atoms with Gasteiger partial charge in [-0.3, -0.25) is 0 Å². The summed E-state index contributed by atoms with van der Waals surface area (Å²) >= 11 is 0. The van der Waals surface area contributed by atoms with Crippen LogP contribution in [0.3, 0.4) is 0 Å². The normalized spacial score (nSPS) is 11.6. The molecule has 38 heavy (non-hydrogen) atoms. The van der Waals surface area contributed by atoms with Crippen LogP contribution in [-0.2, 0) is 0 Å². The van der Waals surface area contributed by atoms with E-state index in [0.717, 1.165) is 54.2 Å². The summed E-state index contributed by atoms with van der Waals surface area (Å²) in [5.41, 5.74) is 7.10. The fraction of sp³-hybridized carbons (Fsp3) is 0.0556. The zero-order chi connectivity index (χ0) is 26.0. The summed E-state index contributed by atoms with van der Waals surface area (Å²) in [5, 5.41) is 29.5. The van der Waals surface area contributed by atoms with Crippen LogP contribution >= 0.6 is 0 Å². The Kier molecular flexibility index (Phi) is 4.92. The molecule has 0 aromatic heterocycles. The van der Waals surface area contributed by atoms with Gasteiger partial charge in [-0.05, 0) is 110 Å². The second-order valence-electron chi connectivity index (χ2n) is 10.3. The molecule has 7 aromatic rings. The fourth-order valence-corrected chi connectivity index (χ4v) is 6.00. The van der Waals surface area contributed by atoms with E-state index < -0.39 is 0 Å². The Morgan fingerprint density at radius 2 is 0.842 bits per heavy atom. The molecule has 0 fully saturated rings. The van der Waals surface area contributed by atoms with E-state index in [1.54, 1.807) is 12.1 Å². The lowest BCUT2D eigenvalue weighted by atomic mass is 9.86. The Bertz CT molecular complexity index is 1930. The van der Waals surface area contributed by atoms with Gasteiger partial charge >= 0.3 is 0 Å². The number of aromatic hydroxyl groups is 2. The van der Waals surface area contributed by atoms with Gasteiger partial charge in [0.05, 0.1) is 0 Å². The van der Waals surface area contributed by atoms with E-state index >= 15 is 0 Å². The van der Waals surface area contributed by atoms with Gasteiger partial charge < -0.3 is 10.2 Å². The maximum absolute atomic E-state index is 10.4. The predicted molar refractivity (Wildman–Crippen MR) is 160 cm³/mol. The first-order valence-corrected chi connectivity index (χ1v) is 12.9. The van der Waals surface area contributed by atoms with E-state index in [0.29, 0.717) is 0 Å². The van der Waals surface area contributed by atoms with Crippen molar-refractivity contribution in [1.29, 1.82) is 0 Å². The minimum Gasteiger partial charge on any atom is -0.508 e. The number of phenolic OH excluding ortho intramolecular Hbond substituents is 2. The molecule has 0 heterocycles. The highest BCUT2D eigenvalue weighted by Gasteiger charge is 2.16. The quantitative estimate of drug-likeness (QED) is 0.187. The Hall–Kier alpha value is -4.82. The van der Waals surface area contributed by atoms with E-state index in [2.05, 4.69) is 86.6 Å². The Morgan fingerprint density at radius 1 is 0.395 bits per heavy atom. The van der Waals surface area contributed by atoms with E-state index in [4.69, 9.17) is 0 Å². The highest BCUT2D eigenvalue weighted by atomic mass is 16.3. The van der Waals surface area contributed by atoms with Crippen LogP contribution in [0.25, 0.3) is 65.3 Å². The number of phenols is 2. The highest BCUT2D eigenvalue weighted by Crippen LogP contribution is 2.44. The summed E-state index contributed by atoms with van der Waals surface area (Å²) in [7, 11) is 0. The molecular weight excluding hydrogens is 464 g/mol. The summed E-state index contributed by atoms with van der Waals surface area (Å²) in [6.45, 7) is 4.27. The summed E-state index contributed by atoms with van der Waals surface area (Å²) in [6, 6.07) is 37.3. The standard InChI is InChI=1S/C36H26O2/c1-21-15-22(2)17-29(16-21)23-3-7-26(8-4-23)36-34-27(9-5-24-11-13-30(37)19-32(24)34)18-28-10-6-25-12-14-31(38)20-33(25)35(28)36/h3-20,37-38H,1-2H3. The van der Waals surface area contributed by atoms with Crippen LogP contribution in [-0.4, -0.2) is 10.2 Å². The molecule has 2 heteroatoms. The van der Waals surface area contributed by atoms with Crippen molar-refractivity contribution in [3.05, 3.63) is 120 Å². The van der Waals surface area contributed by atoms with Crippen molar-refractivity contribution in [2.24, 2.45) is 0 Å². The smallest absolute Gasteiger partial charge is 0.116 e. The van der Waals surface area contributed by atoms with Crippen molar-refractivity contribution in [3.8, 4) is 33.8 Å². The van der Waals surface area contributed by atoms with Gasteiger partial charge in [-0.15, -0.1) is 0 Å². The summed E-state index contributed by atoms with van der Waals surface area (Å²) in [6.07, 6.45) is 0. The van der Waals surface area contributed by atoms with Gasteiger partial charge in [-0.25, -0.2) is 0 Å². The first-order chi connectivity index (χ1) is 18.4. The number of hydrogen-bond acceptors (Lipinski definition) is 2. The van der Waals surface area contributed by atoms with Crippen molar-refractivity contribution in [2.45, 2.75) is 13.8 Å². The summed E-state index contributed by atoms with van der Waals surface area (Å²) in [5.74, 6) is 0.494. The molecular formula is C36H26O2. The second kappa shape index (κ2) is 8.36. The lowest BCUT2D eigenvalue weighted by Crippen LogP contribution is -1.90. The number of benzene rings is 7. The minimum atomic E-state index is 0.247. The van der Waals surface area contributed by atoms with Crippen molar-refractivity contribution in [2.75, 3.05) is 0 Å². The second-order valence-corrected chi connectivity index (χ2v) is 10.3. The molecule has 0 aliphatic heterocycles. The van der Waals surface area contributed by atoms with Crippen molar-refractivity contribution < 1.29 is 10.2 Å². The van der Waals surface area contributed by atoms with E-state index in [-0.39, 0.29) is 11.5 Å². The van der Waals surface area contributed by atoms with Crippen LogP contribution < -0.4 is 0 Å². The third kappa shape index (κ3) is 3.57. The Morgan fingerprint density at radius 3 is 1.37 bits per heavy atom. The van der Waals surface area contributed by atoms with Gasteiger partial charge in [0.15, 0.2) is 0 Å². The lowest BCUT2D eigenvalue weighted by Gasteiger charge is -2.17. The molecule has 7 aromatic carbocycles. The average molecular weight is 491 g/mol. The molecule has 7 rings (SSSR count). The van der Waals surface area contributed by atoms with Crippen LogP contribution in [0.5, 0.6) is 11.5 Å². The molecule has 0 atom stereocenters. The molecule has 0 unspecified atom stereocenters. The molecule has 0 aliphatic rings. The van der Waals surface area contributed by atoms with Crippen LogP contribution in [0, 0.1) is 13.8 Å². The van der Waals surface area contributed by atoms with Crippen LogP contribution in [0.15, 0.2) is 109 Å². The largest absolute Gasteiger partial charge is 0.508 e. The van der Waals surface area contributed by atoms with Crippen LogP contribution in [0.1, 0.15) is 11.1 Å². The van der Waals surface area contributed by atoms with Gasteiger partial charge in [0.2, 0.25) is 0 Å². The summed E-state index contributed by atoms with van der Waals surface area (Å²) in [4.78, 5) is 0. The predicted octanol–water partition coefficient (Wildman–Crippen LogP) is 9.66. The molecule has 0 saturated carbocycles. The number of aryl methyl sites for hydroxylation is 2. The van der Waals surface area contributed by atoms with Crippen LogP contribution in [0.2, 0.25) is 0 Å². The van der Waals surface area contributed by atoms with Gasteiger partial charge in [-0.2, -0.15) is 0 Å². The molecule has 0 amide bonds. The van der Waals surface area contributed by atoms with Gasteiger partial charge in [0.25, 0.3) is 0 Å². The third-order valence-electron chi connectivity index (χ3n) is 7.61. The maximum atomic E-state index is 10.4. The van der Waals surface area contributed by atoms with E-state index in [1.807, 2.05) is 24.3 Å². The number of hydrogen-bond donors (Lipinski definition) is 2. The Labute approximate surface area is 221 Å². The zero-order valence-electron chi connectivity index (χ0n) is 21.3. The van der Waals surface area contributed by atoms with Gasteiger partial charge in [-0.1, -0.05) is 90.0 Å². The maximum Gasteiger partial charge on any atom is 0.116 e. The molecule has 0 bridgehead atoms. The topological polar surface area (TPSA) is 40.5 Å².